The standard InChI is InChI=1S/C27H28F4N6O/c28-20-15-18(14-17-7-8-33-27(38)22(17)20)24-26(32)35-25(31)23(34-24)16-3-5-19(6-4-16)37-12-10-36(11-13-37)9-1-2-21(29)30/h3-6,14-15,21H,1-2,7-13H2,(H2,32,35)(H,33,38). The third kappa shape index (κ3) is 5.42. The van der Waals surface area contributed by atoms with Crippen molar-refractivity contribution in [1.29, 1.82) is 0 Å². The Kier molecular flexibility index (Phi) is 7.46. The zero-order valence-electron chi connectivity index (χ0n) is 20.7. The minimum atomic E-state index is -2.26. The molecule has 1 saturated heterocycles. The monoisotopic (exact) mass is 528 g/mol. The number of piperazine rings is 1. The molecule has 3 N–H and O–H groups in total. The van der Waals surface area contributed by atoms with Gasteiger partial charge in [0.2, 0.25) is 12.4 Å². The van der Waals surface area contributed by atoms with Crippen LogP contribution in [0.5, 0.6) is 0 Å². The molecular formula is C27H28F4N6O. The molecule has 0 bridgehead atoms. The number of carbonyl (C=O) groups excluding carboxylic acids is 1. The van der Waals surface area contributed by atoms with Gasteiger partial charge in [-0.3, -0.25) is 9.69 Å². The number of nitrogens with zero attached hydrogens (tertiary/aromatic N) is 4. The van der Waals surface area contributed by atoms with E-state index in [-0.39, 0.29) is 29.2 Å². The number of halogens is 4. The molecule has 2 aliphatic rings. The van der Waals surface area contributed by atoms with E-state index >= 15 is 0 Å². The minimum absolute atomic E-state index is 0.00144. The van der Waals surface area contributed by atoms with Crippen LogP contribution in [-0.4, -0.2) is 66.5 Å². The Morgan fingerprint density at radius 1 is 0.974 bits per heavy atom. The number of benzene rings is 2. The van der Waals surface area contributed by atoms with Crippen molar-refractivity contribution in [3.05, 3.63) is 59.3 Å². The van der Waals surface area contributed by atoms with Crippen LogP contribution in [0, 0.1) is 11.8 Å². The molecule has 38 heavy (non-hydrogen) atoms. The fourth-order valence-electron chi connectivity index (χ4n) is 5.00. The normalized spacial score (nSPS) is 16.0. The number of aromatic nitrogens is 2. The zero-order chi connectivity index (χ0) is 26.8. The lowest BCUT2D eigenvalue weighted by atomic mass is 9.96. The summed E-state index contributed by atoms with van der Waals surface area (Å²) in [4.78, 5) is 24.7. The summed E-state index contributed by atoms with van der Waals surface area (Å²) in [5.74, 6) is -2.18. The van der Waals surface area contributed by atoms with Crippen LogP contribution in [0.1, 0.15) is 28.8 Å². The lowest BCUT2D eigenvalue weighted by Crippen LogP contribution is -2.46. The fourth-order valence-corrected chi connectivity index (χ4v) is 5.00. The number of carbonyl (C=O) groups is 1. The lowest BCUT2D eigenvalue weighted by molar-refractivity contribution is 0.0941. The molecule has 1 fully saturated rings. The molecule has 2 aliphatic heterocycles. The summed E-state index contributed by atoms with van der Waals surface area (Å²) in [5.41, 5.74) is 8.40. The molecule has 200 valence electrons. The lowest BCUT2D eigenvalue weighted by Gasteiger charge is -2.36. The van der Waals surface area contributed by atoms with Crippen molar-refractivity contribution in [2.75, 3.05) is 49.9 Å². The van der Waals surface area contributed by atoms with Crippen molar-refractivity contribution in [3.63, 3.8) is 0 Å². The smallest absolute Gasteiger partial charge is 0.254 e. The first-order valence-electron chi connectivity index (χ1n) is 12.6. The number of alkyl halides is 2. The maximum absolute atomic E-state index is 14.8. The van der Waals surface area contributed by atoms with E-state index in [0.29, 0.717) is 42.6 Å². The molecule has 11 heteroatoms. The molecule has 2 aromatic carbocycles. The summed E-state index contributed by atoms with van der Waals surface area (Å²) in [5, 5.41) is 2.62. The third-order valence-corrected chi connectivity index (χ3v) is 7.01. The first-order valence-corrected chi connectivity index (χ1v) is 12.6. The van der Waals surface area contributed by atoms with E-state index in [1.54, 1.807) is 18.2 Å². The average molecular weight is 529 g/mol. The molecule has 3 heterocycles. The number of nitrogens with two attached hydrogens (primary N) is 1. The minimum Gasteiger partial charge on any atom is -0.382 e. The van der Waals surface area contributed by atoms with Crippen LogP contribution in [-0.2, 0) is 6.42 Å². The van der Waals surface area contributed by atoms with Crippen molar-refractivity contribution < 1.29 is 22.4 Å². The van der Waals surface area contributed by atoms with E-state index in [1.165, 1.54) is 6.07 Å². The quantitative estimate of drug-likeness (QED) is 0.449. The highest BCUT2D eigenvalue weighted by molar-refractivity contribution is 5.97. The van der Waals surface area contributed by atoms with Gasteiger partial charge in [-0.1, -0.05) is 12.1 Å². The van der Waals surface area contributed by atoms with Gasteiger partial charge in [0.15, 0.2) is 5.82 Å². The molecule has 0 atom stereocenters. The summed E-state index contributed by atoms with van der Waals surface area (Å²) in [7, 11) is 0. The number of anilines is 2. The molecule has 0 radical (unpaired) electrons. The Hall–Kier alpha value is -3.73. The highest BCUT2D eigenvalue weighted by Gasteiger charge is 2.24. The zero-order valence-corrected chi connectivity index (χ0v) is 20.7. The Morgan fingerprint density at radius 2 is 1.71 bits per heavy atom. The van der Waals surface area contributed by atoms with Crippen LogP contribution >= 0.6 is 0 Å². The van der Waals surface area contributed by atoms with Gasteiger partial charge in [0.25, 0.3) is 5.91 Å². The molecule has 0 saturated carbocycles. The van der Waals surface area contributed by atoms with E-state index in [4.69, 9.17) is 5.73 Å². The number of amides is 1. The van der Waals surface area contributed by atoms with E-state index < -0.39 is 24.1 Å². The number of hydrogen-bond acceptors (Lipinski definition) is 6. The van der Waals surface area contributed by atoms with E-state index in [9.17, 15) is 22.4 Å². The SMILES string of the molecule is Nc1nc(F)c(-c2ccc(N3CCN(CCCC(F)F)CC3)cc2)nc1-c1cc(F)c2c(c1)CCNC2=O. The van der Waals surface area contributed by atoms with Gasteiger partial charge in [-0.25, -0.2) is 18.2 Å². The van der Waals surface area contributed by atoms with Crippen molar-refractivity contribution in [1.82, 2.24) is 20.2 Å². The maximum atomic E-state index is 14.8. The number of fused-ring (bicyclic) bond motifs is 1. The van der Waals surface area contributed by atoms with Crippen LogP contribution in [0.2, 0.25) is 0 Å². The molecule has 3 aromatic rings. The Bertz CT molecular complexity index is 1330. The van der Waals surface area contributed by atoms with Gasteiger partial charge in [0.05, 0.1) is 5.56 Å². The van der Waals surface area contributed by atoms with Crippen LogP contribution in [0.4, 0.5) is 29.1 Å². The Morgan fingerprint density at radius 3 is 2.42 bits per heavy atom. The number of nitrogens with one attached hydrogen (secondary N) is 1. The third-order valence-electron chi connectivity index (χ3n) is 7.01. The molecule has 1 aromatic heterocycles. The summed E-state index contributed by atoms with van der Waals surface area (Å²) < 4.78 is 54.4. The first-order chi connectivity index (χ1) is 18.3. The van der Waals surface area contributed by atoms with Crippen LogP contribution < -0.4 is 16.0 Å². The molecule has 0 unspecified atom stereocenters. The molecule has 0 spiro atoms. The van der Waals surface area contributed by atoms with E-state index in [2.05, 4.69) is 25.1 Å². The molecule has 5 rings (SSSR count). The predicted octanol–water partition coefficient (Wildman–Crippen LogP) is 4.12. The second-order valence-electron chi connectivity index (χ2n) is 9.50. The molecular weight excluding hydrogens is 500 g/mol. The summed E-state index contributed by atoms with van der Waals surface area (Å²) >= 11 is 0. The van der Waals surface area contributed by atoms with Gasteiger partial charge in [0, 0.05) is 56.0 Å². The summed E-state index contributed by atoms with van der Waals surface area (Å²) in [6.45, 7) is 4.14. The van der Waals surface area contributed by atoms with Crippen molar-refractivity contribution in [2.45, 2.75) is 25.7 Å². The number of rotatable bonds is 7. The van der Waals surface area contributed by atoms with Crippen LogP contribution in [0.25, 0.3) is 22.5 Å². The van der Waals surface area contributed by atoms with Gasteiger partial charge in [-0.05, 0) is 49.2 Å². The van der Waals surface area contributed by atoms with Gasteiger partial charge in [0.1, 0.15) is 17.2 Å². The Labute approximate surface area is 217 Å². The van der Waals surface area contributed by atoms with Crippen LogP contribution in [0.15, 0.2) is 36.4 Å². The first kappa shape index (κ1) is 25.9. The average Bonchev–Trinajstić information content (AvgIpc) is 2.89. The second kappa shape index (κ2) is 10.9. The largest absolute Gasteiger partial charge is 0.382 e. The highest BCUT2D eigenvalue weighted by atomic mass is 19.3. The Balaban J connectivity index is 1.33. The van der Waals surface area contributed by atoms with Crippen molar-refractivity contribution in [3.8, 4) is 22.5 Å². The van der Waals surface area contributed by atoms with Crippen molar-refractivity contribution in [2.24, 2.45) is 0 Å². The maximum Gasteiger partial charge on any atom is 0.254 e. The highest BCUT2D eigenvalue weighted by Crippen LogP contribution is 2.32. The van der Waals surface area contributed by atoms with Gasteiger partial charge >= 0.3 is 0 Å². The molecule has 7 nitrogen and oxygen atoms in total. The van der Waals surface area contributed by atoms with Gasteiger partial charge in [-0.2, -0.15) is 9.37 Å². The topological polar surface area (TPSA) is 87.4 Å². The number of hydrogen-bond donors (Lipinski definition) is 2. The second-order valence-corrected chi connectivity index (χ2v) is 9.50. The fraction of sp³-hybridized carbons (Fsp3) is 0.370. The predicted molar refractivity (Wildman–Crippen MR) is 137 cm³/mol. The van der Waals surface area contributed by atoms with Gasteiger partial charge < -0.3 is 16.0 Å². The summed E-state index contributed by atoms with van der Waals surface area (Å²) in [6.07, 6.45) is -1.40. The van der Waals surface area contributed by atoms with Gasteiger partial charge in [-0.15, -0.1) is 0 Å². The van der Waals surface area contributed by atoms with Crippen molar-refractivity contribution >= 4 is 17.4 Å². The van der Waals surface area contributed by atoms with Crippen LogP contribution in [0.3, 0.4) is 0 Å². The number of nitrogen functional groups attached to an aromatic ring is 1. The van der Waals surface area contributed by atoms with E-state index in [1.807, 2.05) is 12.1 Å². The molecule has 1 amide bonds. The molecule has 0 aliphatic carbocycles. The summed E-state index contributed by atoms with van der Waals surface area (Å²) in [6, 6.07) is 10.0. The van der Waals surface area contributed by atoms with E-state index in [0.717, 1.165) is 31.9 Å².